The summed E-state index contributed by atoms with van der Waals surface area (Å²) >= 11 is 2.96. The van der Waals surface area contributed by atoms with Crippen LogP contribution >= 0.6 is 22.7 Å². The Kier molecular flexibility index (Phi) is 6.63. The first kappa shape index (κ1) is 19.6. The summed E-state index contributed by atoms with van der Waals surface area (Å²) in [6, 6.07) is 3.81. The maximum absolute atomic E-state index is 12.7. The second-order valence-corrected chi connectivity index (χ2v) is 8.38. The lowest BCUT2D eigenvalue weighted by Gasteiger charge is -2.09. The van der Waals surface area contributed by atoms with Crippen LogP contribution in [0.15, 0.2) is 17.5 Å². The van der Waals surface area contributed by atoms with E-state index in [9.17, 15) is 14.4 Å². The summed E-state index contributed by atoms with van der Waals surface area (Å²) in [6.07, 6.45) is 4.33. The standard InChI is InChI=1S/C19H22N2O4S2/c1-2-25-19(24)21-17(23)16-13-8-4-3-5-9-14(13)27-18(16)20-15(22)11-12-7-6-10-26-12/h6-7,10H,2-5,8-9,11H2,1H3,(H,20,22)(H,21,23,24). The number of hydrogen-bond acceptors (Lipinski definition) is 6. The van der Waals surface area contributed by atoms with Crippen LogP contribution in [0.1, 0.15) is 51.9 Å². The van der Waals surface area contributed by atoms with Gasteiger partial charge in [-0.3, -0.25) is 14.9 Å². The number of rotatable bonds is 5. The van der Waals surface area contributed by atoms with Crippen molar-refractivity contribution in [1.82, 2.24) is 5.32 Å². The minimum atomic E-state index is -0.771. The van der Waals surface area contributed by atoms with Gasteiger partial charge in [-0.25, -0.2) is 4.79 Å². The Bertz CT molecular complexity index is 827. The molecule has 0 aromatic carbocycles. The lowest BCUT2D eigenvalue weighted by atomic mass is 10.0. The van der Waals surface area contributed by atoms with E-state index in [1.807, 2.05) is 17.5 Å². The van der Waals surface area contributed by atoms with Crippen LogP contribution in [0.2, 0.25) is 0 Å². The molecule has 3 rings (SSSR count). The number of hydrogen-bond donors (Lipinski definition) is 2. The second kappa shape index (κ2) is 9.14. The van der Waals surface area contributed by atoms with Gasteiger partial charge in [0.25, 0.3) is 5.91 Å². The lowest BCUT2D eigenvalue weighted by molar-refractivity contribution is -0.115. The van der Waals surface area contributed by atoms with E-state index in [-0.39, 0.29) is 18.9 Å². The number of carbonyl (C=O) groups is 3. The molecule has 2 heterocycles. The molecule has 6 nitrogen and oxygen atoms in total. The van der Waals surface area contributed by atoms with Crippen LogP contribution < -0.4 is 10.6 Å². The highest BCUT2D eigenvalue weighted by Crippen LogP contribution is 2.37. The highest BCUT2D eigenvalue weighted by Gasteiger charge is 2.27. The molecule has 0 spiro atoms. The summed E-state index contributed by atoms with van der Waals surface area (Å²) in [5.41, 5.74) is 1.36. The van der Waals surface area contributed by atoms with Gasteiger partial charge in [-0.05, 0) is 49.6 Å². The van der Waals surface area contributed by atoms with Crippen molar-refractivity contribution in [3.05, 3.63) is 38.4 Å². The number of alkyl carbamates (subject to hydrolysis) is 1. The van der Waals surface area contributed by atoms with Crippen LogP contribution in [0.4, 0.5) is 9.80 Å². The fourth-order valence-electron chi connectivity index (χ4n) is 3.14. The monoisotopic (exact) mass is 406 g/mol. The molecule has 3 amide bonds. The Morgan fingerprint density at radius 1 is 1.19 bits per heavy atom. The SMILES string of the molecule is CCOC(=O)NC(=O)c1c(NC(=O)Cc2cccs2)sc2c1CCCCC2. The molecule has 0 aliphatic heterocycles. The van der Waals surface area contributed by atoms with Crippen LogP contribution in [0.3, 0.4) is 0 Å². The number of anilines is 1. The summed E-state index contributed by atoms with van der Waals surface area (Å²) < 4.78 is 4.82. The summed E-state index contributed by atoms with van der Waals surface area (Å²) in [5.74, 6) is -0.682. The van der Waals surface area contributed by atoms with Crippen molar-refractivity contribution in [1.29, 1.82) is 0 Å². The van der Waals surface area contributed by atoms with E-state index in [0.717, 1.165) is 47.4 Å². The van der Waals surface area contributed by atoms with Gasteiger partial charge in [0.15, 0.2) is 0 Å². The number of amides is 3. The van der Waals surface area contributed by atoms with E-state index in [1.54, 1.807) is 6.92 Å². The fraction of sp³-hybridized carbons (Fsp3) is 0.421. The molecular formula is C19H22N2O4S2. The molecule has 0 bridgehead atoms. The summed E-state index contributed by atoms with van der Waals surface area (Å²) in [4.78, 5) is 39.0. The van der Waals surface area contributed by atoms with E-state index < -0.39 is 12.0 Å². The molecule has 1 aliphatic rings. The normalized spacial score (nSPS) is 13.4. The molecule has 0 fully saturated rings. The van der Waals surface area contributed by atoms with Gasteiger partial charge in [-0.2, -0.15) is 0 Å². The first-order valence-corrected chi connectivity index (χ1v) is 10.7. The van der Waals surface area contributed by atoms with Crippen molar-refractivity contribution in [3.8, 4) is 0 Å². The van der Waals surface area contributed by atoms with E-state index in [1.165, 1.54) is 22.7 Å². The highest BCUT2D eigenvalue weighted by molar-refractivity contribution is 7.17. The number of aryl methyl sites for hydroxylation is 1. The van der Waals surface area contributed by atoms with Crippen molar-refractivity contribution in [2.45, 2.75) is 45.4 Å². The van der Waals surface area contributed by atoms with Crippen LogP contribution in [0.25, 0.3) is 0 Å². The van der Waals surface area contributed by atoms with Crippen molar-refractivity contribution in [2.24, 2.45) is 0 Å². The van der Waals surface area contributed by atoms with Crippen molar-refractivity contribution in [3.63, 3.8) is 0 Å². The molecule has 8 heteroatoms. The van der Waals surface area contributed by atoms with Gasteiger partial charge in [0.1, 0.15) is 5.00 Å². The maximum Gasteiger partial charge on any atom is 0.414 e. The molecule has 0 atom stereocenters. The first-order valence-electron chi connectivity index (χ1n) is 9.03. The molecule has 0 unspecified atom stereocenters. The zero-order valence-electron chi connectivity index (χ0n) is 15.1. The molecular weight excluding hydrogens is 384 g/mol. The summed E-state index contributed by atoms with van der Waals surface area (Å²) in [5, 5.41) is 7.60. The molecule has 27 heavy (non-hydrogen) atoms. The molecule has 0 saturated heterocycles. The Hall–Kier alpha value is -2.19. The van der Waals surface area contributed by atoms with Crippen LogP contribution in [-0.2, 0) is 28.8 Å². The van der Waals surface area contributed by atoms with Crippen LogP contribution in [0, 0.1) is 0 Å². The van der Waals surface area contributed by atoms with Gasteiger partial charge in [0.2, 0.25) is 5.91 Å². The summed E-state index contributed by atoms with van der Waals surface area (Å²) in [7, 11) is 0. The number of imide groups is 1. The highest BCUT2D eigenvalue weighted by atomic mass is 32.1. The van der Waals surface area contributed by atoms with E-state index in [4.69, 9.17) is 4.74 Å². The third-order valence-electron chi connectivity index (χ3n) is 4.31. The zero-order chi connectivity index (χ0) is 19.2. The smallest absolute Gasteiger partial charge is 0.414 e. The average Bonchev–Trinajstić information content (AvgIpc) is 3.17. The van der Waals surface area contributed by atoms with Gasteiger partial charge in [0, 0.05) is 9.75 Å². The Labute approximate surface area is 165 Å². The maximum atomic E-state index is 12.7. The minimum Gasteiger partial charge on any atom is -0.450 e. The minimum absolute atomic E-state index is 0.168. The molecule has 0 saturated carbocycles. The van der Waals surface area contributed by atoms with Gasteiger partial charge < -0.3 is 10.1 Å². The van der Waals surface area contributed by atoms with E-state index in [2.05, 4.69) is 10.6 Å². The number of thiophene rings is 2. The molecule has 2 aromatic heterocycles. The third kappa shape index (κ3) is 4.95. The summed E-state index contributed by atoms with van der Waals surface area (Å²) in [6.45, 7) is 1.86. The predicted octanol–water partition coefficient (Wildman–Crippen LogP) is 4.15. The third-order valence-corrected chi connectivity index (χ3v) is 6.39. The van der Waals surface area contributed by atoms with Gasteiger partial charge >= 0.3 is 6.09 Å². The number of carbonyl (C=O) groups excluding carboxylic acids is 3. The number of nitrogens with one attached hydrogen (secondary N) is 2. The molecule has 2 aromatic rings. The Morgan fingerprint density at radius 2 is 2.00 bits per heavy atom. The average molecular weight is 407 g/mol. The quantitative estimate of drug-likeness (QED) is 0.731. The molecule has 0 radical (unpaired) electrons. The molecule has 144 valence electrons. The fourth-order valence-corrected chi connectivity index (χ4v) is 5.14. The largest absolute Gasteiger partial charge is 0.450 e. The topological polar surface area (TPSA) is 84.5 Å². The van der Waals surface area contributed by atoms with Gasteiger partial charge in [-0.15, -0.1) is 22.7 Å². The number of fused-ring (bicyclic) bond motifs is 1. The zero-order valence-corrected chi connectivity index (χ0v) is 16.8. The van der Waals surface area contributed by atoms with Crippen LogP contribution in [-0.4, -0.2) is 24.5 Å². The van der Waals surface area contributed by atoms with E-state index >= 15 is 0 Å². The molecule has 1 aliphatic carbocycles. The van der Waals surface area contributed by atoms with Crippen LogP contribution in [0.5, 0.6) is 0 Å². The Balaban J connectivity index is 1.84. The molecule has 2 N–H and O–H groups in total. The second-order valence-electron chi connectivity index (χ2n) is 6.25. The predicted molar refractivity (Wildman–Crippen MR) is 107 cm³/mol. The van der Waals surface area contributed by atoms with E-state index in [0.29, 0.717) is 10.6 Å². The van der Waals surface area contributed by atoms with Crippen molar-refractivity contribution < 1.29 is 19.1 Å². The van der Waals surface area contributed by atoms with Gasteiger partial charge in [0.05, 0.1) is 18.6 Å². The number of ether oxygens (including phenoxy) is 1. The lowest BCUT2D eigenvalue weighted by Crippen LogP contribution is -2.32. The van der Waals surface area contributed by atoms with Gasteiger partial charge in [-0.1, -0.05) is 12.5 Å². The van der Waals surface area contributed by atoms with Crippen molar-refractivity contribution >= 4 is 45.6 Å². The van der Waals surface area contributed by atoms with Crippen molar-refractivity contribution in [2.75, 3.05) is 11.9 Å². The first-order chi connectivity index (χ1) is 13.1. The Morgan fingerprint density at radius 3 is 2.74 bits per heavy atom.